The lowest BCUT2D eigenvalue weighted by molar-refractivity contribution is 0.351. The zero-order valence-electron chi connectivity index (χ0n) is 10.8. The summed E-state index contributed by atoms with van der Waals surface area (Å²) < 4.78 is 5.72. The second kappa shape index (κ2) is 5.10. The predicted octanol–water partition coefficient (Wildman–Crippen LogP) is 3.55. The third-order valence-corrected chi connectivity index (χ3v) is 4.32. The Hall–Kier alpha value is -0.730. The van der Waals surface area contributed by atoms with E-state index in [0.29, 0.717) is 6.04 Å². The fourth-order valence-corrected chi connectivity index (χ4v) is 3.39. The van der Waals surface area contributed by atoms with Crippen molar-refractivity contribution in [2.24, 2.45) is 5.92 Å². The summed E-state index contributed by atoms with van der Waals surface area (Å²) in [5.41, 5.74) is 2.48. The zero-order valence-corrected chi connectivity index (χ0v) is 11.6. The van der Waals surface area contributed by atoms with E-state index in [1.54, 1.807) is 0 Å². The van der Waals surface area contributed by atoms with Crippen LogP contribution in [-0.2, 0) is 13.0 Å². The Morgan fingerprint density at radius 2 is 2.28 bits per heavy atom. The molecule has 0 spiro atoms. The van der Waals surface area contributed by atoms with E-state index >= 15 is 0 Å². The molecule has 0 aromatic heterocycles. The molecule has 0 radical (unpaired) electrons. The van der Waals surface area contributed by atoms with Gasteiger partial charge in [-0.1, -0.05) is 18.5 Å². The van der Waals surface area contributed by atoms with Crippen molar-refractivity contribution in [3.63, 3.8) is 0 Å². The zero-order chi connectivity index (χ0) is 12.5. The Labute approximate surface area is 114 Å². The molecule has 2 aliphatic rings. The van der Waals surface area contributed by atoms with Crippen LogP contribution in [0.5, 0.6) is 5.75 Å². The molecule has 1 aromatic rings. The van der Waals surface area contributed by atoms with Crippen molar-refractivity contribution >= 4 is 11.6 Å². The van der Waals surface area contributed by atoms with Crippen molar-refractivity contribution in [1.29, 1.82) is 0 Å². The lowest BCUT2D eigenvalue weighted by Gasteiger charge is -2.14. The summed E-state index contributed by atoms with van der Waals surface area (Å²) in [7, 11) is 0. The van der Waals surface area contributed by atoms with E-state index in [-0.39, 0.29) is 0 Å². The standard InChI is InChI=1S/C15H20ClNO/c1-10-2-3-14(6-10)17-9-12-8-13(16)7-11-4-5-18-15(11)12/h7-8,10,14,17H,2-6,9H2,1H3. The van der Waals surface area contributed by atoms with Crippen LogP contribution in [0.25, 0.3) is 0 Å². The Kier molecular flexibility index (Phi) is 3.49. The molecular formula is C15H20ClNO. The second-order valence-electron chi connectivity index (χ2n) is 5.65. The molecule has 2 nitrogen and oxygen atoms in total. The summed E-state index contributed by atoms with van der Waals surface area (Å²) in [6.45, 7) is 4.01. The molecule has 0 bridgehead atoms. The van der Waals surface area contributed by atoms with Crippen LogP contribution in [0.4, 0.5) is 0 Å². The molecule has 1 aliphatic carbocycles. The highest BCUT2D eigenvalue weighted by Gasteiger charge is 2.22. The molecule has 1 N–H and O–H groups in total. The fourth-order valence-electron chi connectivity index (χ4n) is 3.12. The normalized spacial score (nSPS) is 26.1. The highest BCUT2D eigenvalue weighted by molar-refractivity contribution is 6.30. The van der Waals surface area contributed by atoms with Crippen molar-refractivity contribution in [2.45, 2.75) is 45.2 Å². The van der Waals surface area contributed by atoms with Crippen LogP contribution in [-0.4, -0.2) is 12.6 Å². The first-order chi connectivity index (χ1) is 8.72. The number of benzene rings is 1. The number of hydrogen-bond acceptors (Lipinski definition) is 2. The first kappa shape index (κ1) is 12.3. The molecule has 18 heavy (non-hydrogen) atoms. The maximum Gasteiger partial charge on any atom is 0.127 e. The number of nitrogens with one attached hydrogen (secondary N) is 1. The Morgan fingerprint density at radius 1 is 1.39 bits per heavy atom. The van der Waals surface area contributed by atoms with Gasteiger partial charge in [0.2, 0.25) is 0 Å². The average molecular weight is 266 g/mol. The topological polar surface area (TPSA) is 21.3 Å². The lowest BCUT2D eigenvalue weighted by atomic mass is 10.1. The Morgan fingerprint density at radius 3 is 3.06 bits per heavy atom. The van der Waals surface area contributed by atoms with Crippen molar-refractivity contribution < 1.29 is 4.74 Å². The molecule has 98 valence electrons. The summed E-state index contributed by atoms with van der Waals surface area (Å²) in [6, 6.07) is 4.73. The lowest BCUT2D eigenvalue weighted by Crippen LogP contribution is -2.25. The van der Waals surface area contributed by atoms with E-state index < -0.39 is 0 Å². The van der Waals surface area contributed by atoms with Crippen molar-refractivity contribution in [3.05, 3.63) is 28.3 Å². The van der Waals surface area contributed by atoms with Crippen LogP contribution in [0.2, 0.25) is 5.02 Å². The molecule has 3 heteroatoms. The second-order valence-corrected chi connectivity index (χ2v) is 6.08. The van der Waals surface area contributed by atoms with Gasteiger partial charge in [-0.3, -0.25) is 0 Å². The molecule has 1 aromatic carbocycles. The highest BCUT2D eigenvalue weighted by Crippen LogP contribution is 2.33. The van der Waals surface area contributed by atoms with Gasteiger partial charge in [-0.2, -0.15) is 0 Å². The molecular weight excluding hydrogens is 246 g/mol. The Bertz CT molecular complexity index is 446. The summed E-state index contributed by atoms with van der Waals surface area (Å²) in [6.07, 6.45) is 4.93. The van der Waals surface area contributed by atoms with Crippen molar-refractivity contribution in [3.8, 4) is 5.75 Å². The summed E-state index contributed by atoms with van der Waals surface area (Å²) in [5.74, 6) is 1.93. The van der Waals surface area contributed by atoms with Crippen LogP contribution < -0.4 is 10.1 Å². The smallest absolute Gasteiger partial charge is 0.127 e. The van der Waals surface area contributed by atoms with Crippen LogP contribution >= 0.6 is 11.6 Å². The van der Waals surface area contributed by atoms with Crippen LogP contribution in [0.3, 0.4) is 0 Å². The molecule has 1 fully saturated rings. The summed E-state index contributed by atoms with van der Waals surface area (Å²) in [5, 5.41) is 4.48. The van der Waals surface area contributed by atoms with Gasteiger partial charge >= 0.3 is 0 Å². The quantitative estimate of drug-likeness (QED) is 0.902. The SMILES string of the molecule is CC1CCC(NCc2cc(Cl)cc3c2OCC3)C1. The number of ether oxygens (including phenoxy) is 1. The minimum absolute atomic E-state index is 0.663. The fraction of sp³-hybridized carbons (Fsp3) is 0.600. The Balaban J connectivity index is 1.69. The van der Waals surface area contributed by atoms with Crippen molar-refractivity contribution in [1.82, 2.24) is 5.32 Å². The molecule has 2 unspecified atom stereocenters. The summed E-state index contributed by atoms with van der Waals surface area (Å²) in [4.78, 5) is 0. The van der Waals surface area contributed by atoms with Gasteiger partial charge in [-0.25, -0.2) is 0 Å². The van der Waals surface area contributed by atoms with Crippen LogP contribution in [0.15, 0.2) is 12.1 Å². The first-order valence-corrected chi connectivity index (χ1v) is 7.27. The molecule has 1 saturated carbocycles. The average Bonchev–Trinajstić information content (AvgIpc) is 2.94. The molecule has 2 atom stereocenters. The van der Waals surface area contributed by atoms with E-state index in [9.17, 15) is 0 Å². The van der Waals surface area contributed by atoms with Crippen LogP contribution in [0, 0.1) is 5.92 Å². The van der Waals surface area contributed by atoms with Gasteiger partial charge in [0, 0.05) is 29.6 Å². The van der Waals surface area contributed by atoms with E-state index in [2.05, 4.69) is 12.2 Å². The van der Waals surface area contributed by atoms with E-state index in [1.807, 2.05) is 12.1 Å². The minimum atomic E-state index is 0.663. The maximum atomic E-state index is 6.16. The van der Waals surface area contributed by atoms with Gasteiger partial charge in [0.1, 0.15) is 5.75 Å². The van der Waals surface area contributed by atoms with E-state index in [1.165, 1.54) is 30.4 Å². The van der Waals surface area contributed by atoms with E-state index in [4.69, 9.17) is 16.3 Å². The third kappa shape index (κ3) is 2.50. The molecule has 1 aliphatic heterocycles. The summed E-state index contributed by atoms with van der Waals surface area (Å²) >= 11 is 6.16. The minimum Gasteiger partial charge on any atom is -0.493 e. The van der Waals surface area contributed by atoms with Gasteiger partial charge in [0.25, 0.3) is 0 Å². The number of halogens is 1. The van der Waals surface area contributed by atoms with Gasteiger partial charge in [-0.15, -0.1) is 0 Å². The van der Waals surface area contributed by atoms with Crippen LogP contribution in [0.1, 0.15) is 37.3 Å². The van der Waals surface area contributed by atoms with E-state index in [0.717, 1.165) is 36.3 Å². The van der Waals surface area contributed by atoms with Gasteiger partial charge < -0.3 is 10.1 Å². The van der Waals surface area contributed by atoms with Crippen molar-refractivity contribution in [2.75, 3.05) is 6.61 Å². The number of hydrogen-bond donors (Lipinski definition) is 1. The number of rotatable bonds is 3. The molecule has 1 heterocycles. The highest BCUT2D eigenvalue weighted by atomic mass is 35.5. The number of fused-ring (bicyclic) bond motifs is 1. The predicted molar refractivity (Wildman–Crippen MR) is 74.3 cm³/mol. The largest absolute Gasteiger partial charge is 0.493 e. The first-order valence-electron chi connectivity index (χ1n) is 6.90. The molecule has 0 saturated heterocycles. The van der Waals surface area contributed by atoms with Gasteiger partial charge in [0.15, 0.2) is 0 Å². The maximum absolute atomic E-state index is 6.16. The van der Waals surface area contributed by atoms with Gasteiger partial charge in [-0.05, 0) is 42.9 Å². The molecule has 0 amide bonds. The third-order valence-electron chi connectivity index (χ3n) is 4.10. The van der Waals surface area contributed by atoms with Gasteiger partial charge in [0.05, 0.1) is 6.61 Å². The molecule has 3 rings (SSSR count). The monoisotopic (exact) mass is 265 g/mol.